The normalized spacial score (nSPS) is 11.1. The van der Waals surface area contributed by atoms with Gasteiger partial charge in [-0.3, -0.25) is 0 Å². The SMILES string of the molecule is Cn1c(CCCN)nc2cc(F)ccc21. The van der Waals surface area contributed by atoms with Crippen LogP contribution in [0.15, 0.2) is 18.2 Å². The van der Waals surface area contributed by atoms with Crippen LogP contribution in [0.3, 0.4) is 0 Å². The quantitative estimate of drug-likeness (QED) is 0.830. The van der Waals surface area contributed by atoms with Crippen molar-refractivity contribution in [3.8, 4) is 0 Å². The average molecular weight is 207 g/mol. The van der Waals surface area contributed by atoms with Gasteiger partial charge in [-0.15, -0.1) is 0 Å². The molecule has 0 atom stereocenters. The van der Waals surface area contributed by atoms with E-state index >= 15 is 0 Å². The lowest BCUT2D eigenvalue weighted by Crippen LogP contribution is -2.04. The van der Waals surface area contributed by atoms with Crippen LogP contribution in [-0.4, -0.2) is 16.1 Å². The number of fused-ring (bicyclic) bond motifs is 1. The summed E-state index contributed by atoms with van der Waals surface area (Å²) in [6, 6.07) is 4.67. The van der Waals surface area contributed by atoms with Crippen molar-refractivity contribution in [3.05, 3.63) is 29.8 Å². The minimum atomic E-state index is -0.244. The summed E-state index contributed by atoms with van der Waals surface area (Å²) in [4.78, 5) is 4.38. The van der Waals surface area contributed by atoms with Crippen LogP contribution < -0.4 is 5.73 Å². The average Bonchev–Trinajstić information content (AvgIpc) is 2.52. The molecule has 80 valence electrons. The molecular weight excluding hydrogens is 193 g/mol. The van der Waals surface area contributed by atoms with Gasteiger partial charge in [-0.05, 0) is 25.1 Å². The molecule has 2 aromatic rings. The van der Waals surface area contributed by atoms with Crippen LogP contribution in [0.5, 0.6) is 0 Å². The van der Waals surface area contributed by atoms with Gasteiger partial charge in [-0.1, -0.05) is 0 Å². The Labute approximate surface area is 87.7 Å². The van der Waals surface area contributed by atoms with E-state index in [0.717, 1.165) is 24.2 Å². The second-order valence-corrected chi connectivity index (χ2v) is 3.61. The van der Waals surface area contributed by atoms with Crippen molar-refractivity contribution < 1.29 is 4.39 Å². The van der Waals surface area contributed by atoms with Crippen LogP contribution >= 0.6 is 0 Å². The molecule has 1 aromatic carbocycles. The van der Waals surface area contributed by atoms with E-state index < -0.39 is 0 Å². The van der Waals surface area contributed by atoms with Crippen LogP contribution in [0.4, 0.5) is 4.39 Å². The fourth-order valence-corrected chi connectivity index (χ4v) is 1.71. The van der Waals surface area contributed by atoms with Gasteiger partial charge in [0.1, 0.15) is 11.6 Å². The predicted octanol–water partition coefficient (Wildman–Crippen LogP) is 1.60. The van der Waals surface area contributed by atoms with Crippen molar-refractivity contribution in [1.82, 2.24) is 9.55 Å². The van der Waals surface area contributed by atoms with E-state index in [2.05, 4.69) is 4.98 Å². The third-order valence-corrected chi connectivity index (χ3v) is 2.54. The summed E-state index contributed by atoms with van der Waals surface area (Å²) in [5, 5.41) is 0. The zero-order valence-electron chi connectivity index (χ0n) is 8.70. The lowest BCUT2D eigenvalue weighted by molar-refractivity contribution is 0.629. The van der Waals surface area contributed by atoms with Gasteiger partial charge in [0, 0.05) is 19.5 Å². The molecule has 0 saturated carbocycles. The number of halogens is 1. The van der Waals surface area contributed by atoms with Crippen LogP contribution in [0.1, 0.15) is 12.2 Å². The Morgan fingerprint density at radius 1 is 1.47 bits per heavy atom. The highest BCUT2D eigenvalue weighted by molar-refractivity contribution is 5.75. The van der Waals surface area contributed by atoms with E-state index in [1.54, 1.807) is 6.07 Å². The van der Waals surface area contributed by atoms with E-state index in [-0.39, 0.29) is 5.82 Å². The number of hydrogen-bond donors (Lipinski definition) is 1. The first-order chi connectivity index (χ1) is 7.22. The summed E-state index contributed by atoms with van der Waals surface area (Å²) in [6.07, 6.45) is 1.74. The van der Waals surface area contributed by atoms with E-state index in [4.69, 9.17) is 5.73 Å². The zero-order chi connectivity index (χ0) is 10.8. The van der Waals surface area contributed by atoms with Gasteiger partial charge in [0.25, 0.3) is 0 Å². The second-order valence-electron chi connectivity index (χ2n) is 3.61. The Balaban J connectivity index is 2.44. The molecule has 0 aliphatic carbocycles. The number of aromatic nitrogens is 2. The maximum absolute atomic E-state index is 13.0. The number of imidazole rings is 1. The van der Waals surface area contributed by atoms with Gasteiger partial charge in [0.15, 0.2) is 0 Å². The van der Waals surface area contributed by atoms with E-state index in [0.29, 0.717) is 12.1 Å². The van der Waals surface area contributed by atoms with Crippen molar-refractivity contribution in [2.45, 2.75) is 12.8 Å². The minimum Gasteiger partial charge on any atom is -0.331 e. The third kappa shape index (κ3) is 1.85. The van der Waals surface area contributed by atoms with Crippen LogP contribution in [0.2, 0.25) is 0 Å². The first-order valence-electron chi connectivity index (χ1n) is 5.03. The molecule has 2 rings (SSSR count). The number of aryl methyl sites for hydroxylation is 2. The van der Waals surface area contributed by atoms with Crippen LogP contribution in [-0.2, 0) is 13.5 Å². The van der Waals surface area contributed by atoms with Gasteiger partial charge in [-0.25, -0.2) is 9.37 Å². The van der Waals surface area contributed by atoms with E-state index in [9.17, 15) is 4.39 Å². The number of benzene rings is 1. The van der Waals surface area contributed by atoms with Crippen molar-refractivity contribution >= 4 is 11.0 Å². The fourth-order valence-electron chi connectivity index (χ4n) is 1.71. The molecule has 0 amide bonds. The van der Waals surface area contributed by atoms with Crippen molar-refractivity contribution in [2.75, 3.05) is 6.54 Å². The molecule has 1 aromatic heterocycles. The Morgan fingerprint density at radius 3 is 3.00 bits per heavy atom. The minimum absolute atomic E-state index is 0.244. The van der Waals surface area contributed by atoms with Crippen molar-refractivity contribution in [1.29, 1.82) is 0 Å². The zero-order valence-corrected chi connectivity index (χ0v) is 8.70. The molecule has 1 heterocycles. The molecule has 0 radical (unpaired) electrons. The van der Waals surface area contributed by atoms with Crippen LogP contribution in [0, 0.1) is 5.82 Å². The summed E-state index contributed by atoms with van der Waals surface area (Å²) in [6.45, 7) is 0.650. The Bertz CT molecular complexity index is 476. The summed E-state index contributed by atoms with van der Waals surface area (Å²) in [7, 11) is 1.94. The molecule has 0 fully saturated rings. The summed E-state index contributed by atoms with van der Waals surface area (Å²) in [5.74, 6) is 0.715. The van der Waals surface area contributed by atoms with Gasteiger partial charge in [0.2, 0.25) is 0 Å². The number of rotatable bonds is 3. The molecule has 0 bridgehead atoms. The van der Waals surface area contributed by atoms with Gasteiger partial charge < -0.3 is 10.3 Å². The topological polar surface area (TPSA) is 43.8 Å². The standard InChI is InChI=1S/C11H14FN3/c1-15-10-5-4-8(12)7-9(10)14-11(15)3-2-6-13/h4-5,7H,2-3,6,13H2,1H3. The van der Waals surface area contributed by atoms with Crippen LogP contribution in [0.25, 0.3) is 11.0 Å². The lowest BCUT2D eigenvalue weighted by atomic mass is 10.3. The molecule has 0 spiro atoms. The van der Waals surface area contributed by atoms with Gasteiger partial charge >= 0.3 is 0 Å². The van der Waals surface area contributed by atoms with Gasteiger partial charge in [-0.2, -0.15) is 0 Å². The smallest absolute Gasteiger partial charge is 0.125 e. The van der Waals surface area contributed by atoms with Gasteiger partial charge in [0.05, 0.1) is 11.0 Å². The van der Waals surface area contributed by atoms with E-state index in [1.807, 2.05) is 11.6 Å². The Morgan fingerprint density at radius 2 is 2.27 bits per heavy atom. The summed E-state index contributed by atoms with van der Waals surface area (Å²) in [5.41, 5.74) is 7.12. The van der Waals surface area contributed by atoms with Crippen molar-refractivity contribution in [3.63, 3.8) is 0 Å². The number of nitrogens with two attached hydrogens (primary N) is 1. The highest BCUT2D eigenvalue weighted by atomic mass is 19.1. The Kier molecular flexibility index (Phi) is 2.68. The maximum atomic E-state index is 13.0. The second kappa shape index (κ2) is 3.98. The summed E-state index contributed by atoms with van der Waals surface area (Å²) < 4.78 is 15.0. The largest absolute Gasteiger partial charge is 0.331 e. The molecule has 4 heteroatoms. The monoisotopic (exact) mass is 207 g/mol. The molecule has 2 N–H and O–H groups in total. The number of nitrogens with zero attached hydrogens (tertiary/aromatic N) is 2. The Hall–Kier alpha value is -1.42. The highest BCUT2D eigenvalue weighted by Crippen LogP contribution is 2.16. The first kappa shape index (κ1) is 10.1. The predicted molar refractivity (Wildman–Crippen MR) is 58.0 cm³/mol. The molecule has 15 heavy (non-hydrogen) atoms. The first-order valence-corrected chi connectivity index (χ1v) is 5.03. The van der Waals surface area contributed by atoms with E-state index in [1.165, 1.54) is 12.1 Å². The fraction of sp³-hybridized carbons (Fsp3) is 0.364. The molecule has 0 aliphatic heterocycles. The van der Waals surface area contributed by atoms with Crippen molar-refractivity contribution in [2.24, 2.45) is 12.8 Å². The molecular formula is C11H14FN3. The molecule has 3 nitrogen and oxygen atoms in total. The molecule has 0 saturated heterocycles. The summed E-state index contributed by atoms with van der Waals surface area (Å²) >= 11 is 0. The molecule has 0 aliphatic rings. The number of hydrogen-bond acceptors (Lipinski definition) is 2. The maximum Gasteiger partial charge on any atom is 0.125 e. The highest BCUT2D eigenvalue weighted by Gasteiger charge is 2.07. The lowest BCUT2D eigenvalue weighted by Gasteiger charge is -2.00. The molecule has 0 unspecified atom stereocenters. The third-order valence-electron chi connectivity index (χ3n) is 2.54.